The van der Waals surface area contributed by atoms with E-state index >= 15 is 0 Å². The maximum atomic E-state index is 12.9. The summed E-state index contributed by atoms with van der Waals surface area (Å²) in [5, 5.41) is 16.4. The summed E-state index contributed by atoms with van der Waals surface area (Å²) >= 11 is 13.6. The molecule has 1 saturated carbocycles. The quantitative estimate of drug-likeness (QED) is 0.420. The molecule has 7 nitrogen and oxygen atoms in total. The van der Waals surface area contributed by atoms with Gasteiger partial charge in [-0.25, -0.2) is 0 Å². The Morgan fingerprint density at radius 2 is 1.94 bits per heavy atom. The van der Waals surface area contributed by atoms with Gasteiger partial charge in [-0.1, -0.05) is 68.6 Å². The van der Waals surface area contributed by atoms with E-state index in [1.807, 2.05) is 25.3 Å². The van der Waals surface area contributed by atoms with Gasteiger partial charge in [0, 0.05) is 17.6 Å². The third-order valence-corrected chi connectivity index (χ3v) is 7.77. The molecule has 0 saturated heterocycles. The molecule has 2 N–H and O–H groups in total. The molecule has 0 radical (unpaired) electrons. The summed E-state index contributed by atoms with van der Waals surface area (Å²) in [6.07, 6.45) is 4.61. The highest BCUT2D eigenvalue weighted by molar-refractivity contribution is 7.99. The number of nitrogens with zero attached hydrogens (tertiary/aromatic N) is 3. The number of halogens is 2. The number of amides is 2. The van der Waals surface area contributed by atoms with Gasteiger partial charge in [0.1, 0.15) is 0 Å². The molecule has 3 rings (SSSR count). The van der Waals surface area contributed by atoms with Crippen molar-refractivity contribution in [3.8, 4) is 0 Å². The first kappa shape index (κ1) is 26.8. The van der Waals surface area contributed by atoms with Gasteiger partial charge >= 0.3 is 0 Å². The Morgan fingerprint density at radius 1 is 1.21 bits per heavy atom. The molecule has 0 spiro atoms. The number of nitrogens with one attached hydrogen (secondary N) is 2. The van der Waals surface area contributed by atoms with E-state index in [0.717, 1.165) is 12.8 Å². The zero-order valence-electron chi connectivity index (χ0n) is 20.1. The van der Waals surface area contributed by atoms with Gasteiger partial charge in [-0.15, -0.1) is 10.2 Å². The standard InChI is InChI=1S/C24H33Cl2N5O2S/c1-5-31-22(21(14(2)3)28-23(33)17-11-10-16(25)12-18(17)26)29-30-24(31)34-13-20(32)27-19-9-7-6-8-15(19)4/h10-12,14-15,19,21H,5-9,13H2,1-4H3,(H,27,32)(H,28,33)/t15-,19+,21+/m0/s1. The van der Waals surface area contributed by atoms with Crippen molar-refractivity contribution in [2.75, 3.05) is 5.75 Å². The second-order valence-corrected chi connectivity index (χ2v) is 10.9. The van der Waals surface area contributed by atoms with E-state index in [2.05, 4.69) is 27.8 Å². The lowest BCUT2D eigenvalue weighted by Gasteiger charge is -2.29. The molecule has 34 heavy (non-hydrogen) atoms. The van der Waals surface area contributed by atoms with E-state index in [1.165, 1.54) is 24.6 Å². The predicted molar refractivity (Wildman–Crippen MR) is 137 cm³/mol. The predicted octanol–water partition coefficient (Wildman–Crippen LogP) is 5.52. The Hall–Kier alpha value is -1.77. The molecule has 1 aliphatic carbocycles. The number of benzene rings is 1. The summed E-state index contributed by atoms with van der Waals surface area (Å²) in [7, 11) is 0. The lowest BCUT2D eigenvalue weighted by Crippen LogP contribution is -2.41. The van der Waals surface area contributed by atoms with Gasteiger partial charge < -0.3 is 15.2 Å². The van der Waals surface area contributed by atoms with Crippen LogP contribution in [0.5, 0.6) is 0 Å². The van der Waals surface area contributed by atoms with Crippen LogP contribution in [0.2, 0.25) is 10.0 Å². The number of thioether (sulfide) groups is 1. The third kappa shape index (κ3) is 6.67. The number of carbonyl (C=O) groups is 2. The number of hydrogen-bond acceptors (Lipinski definition) is 5. The monoisotopic (exact) mass is 525 g/mol. The van der Waals surface area contributed by atoms with Crippen LogP contribution < -0.4 is 10.6 Å². The molecule has 186 valence electrons. The Bertz CT molecular complexity index is 1010. The fraction of sp³-hybridized carbons (Fsp3) is 0.583. The van der Waals surface area contributed by atoms with E-state index in [1.54, 1.807) is 18.2 Å². The summed E-state index contributed by atoms with van der Waals surface area (Å²) in [6, 6.07) is 4.66. The van der Waals surface area contributed by atoms with Crippen molar-refractivity contribution in [3.05, 3.63) is 39.6 Å². The van der Waals surface area contributed by atoms with Gasteiger partial charge in [-0.2, -0.15) is 0 Å². The molecule has 0 unspecified atom stereocenters. The summed E-state index contributed by atoms with van der Waals surface area (Å²) in [5.74, 6) is 1.21. The smallest absolute Gasteiger partial charge is 0.253 e. The van der Waals surface area contributed by atoms with Crippen LogP contribution in [0.3, 0.4) is 0 Å². The van der Waals surface area contributed by atoms with Crippen LogP contribution >= 0.6 is 35.0 Å². The van der Waals surface area contributed by atoms with Gasteiger partial charge in [0.2, 0.25) is 5.91 Å². The average molecular weight is 527 g/mol. The van der Waals surface area contributed by atoms with Gasteiger partial charge in [0.15, 0.2) is 11.0 Å². The van der Waals surface area contributed by atoms with Gasteiger partial charge in [0.05, 0.1) is 22.4 Å². The van der Waals surface area contributed by atoms with Gasteiger partial charge in [-0.05, 0) is 49.8 Å². The molecule has 1 fully saturated rings. The lowest BCUT2D eigenvalue weighted by atomic mass is 9.86. The molecule has 0 bridgehead atoms. The van der Waals surface area contributed by atoms with Crippen LogP contribution in [-0.4, -0.2) is 38.4 Å². The Morgan fingerprint density at radius 3 is 2.59 bits per heavy atom. The molecule has 0 aliphatic heterocycles. The minimum atomic E-state index is -0.377. The summed E-state index contributed by atoms with van der Waals surface area (Å²) < 4.78 is 1.95. The minimum absolute atomic E-state index is 0.0158. The van der Waals surface area contributed by atoms with Crippen LogP contribution in [0, 0.1) is 11.8 Å². The van der Waals surface area contributed by atoms with Crippen LogP contribution in [0.4, 0.5) is 0 Å². The van der Waals surface area contributed by atoms with E-state index < -0.39 is 0 Å². The molecule has 1 aromatic heterocycles. The maximum Gasteiger partial charge on any atom is 0.253 e. The van der Waals surface area contributed by atoms with Crippen LogP contribution in [0.1, 0.15) is 75.6 Å². The zero-order valence-corrected chi connectivity index (χ0v) is 22.4. The molecule has 1 aromatic carbocycles. The molecule has 2 aromatic rings. The summed E-state index contributed by atoms with van der Waals surface area (Å²) in [5.41, 5.74) is 0.350. The highest BCUT2D eigenvalue weighted by Gasteiger charge is 2.27. The van der Waals surface area contributed by atoms with Gasteiger partial charge in [-0.3, -0.25) is 9.59 Å². The number of rotatable bonds is 9. The van der Waals surface area contributed by atoms with E-state index in [9.17, 15) is 9.59 Å². The summed E-state index contributed by atoms with van der Waals surface area (Å²) in [4.78, 5) is 25.5. The van der Waals surface area contributed by atoms with Crippen molar-refractivity contribution in [2.45, 2.75) is 77.2 Å². The zero-order chi connectivity index (χ0) is 24.8. The lowest BCUT2D eigenvalue weighted by molar-refractivity contribution is -0.119. The fourth-order valence-electron chi connectivity index (χ4n) is 4.27. The highest BCUT2D eigenvalue weighted by atomic mass is 35.5. The SMILES string of the molecule is CCn1c(SCC(=O)N[C@@H]2CCCC[C@@H]2C)nnc1[C@H](NC(=O)c1ccc(Cl)cc1Cl)C(C)C. The first-order valence-electron chi connectivity index (χ1n) is 11.8. The Kier molecular flexibility index (Phi) is 9.68. The molecular formula is C24H33Cl2N5O2S. The van der Waals surface area contributed by atoms with Crippen molar-refractivity contribution in [3.63, 3.8) is 0 Å². The molecule has 1 heterocycles. The average Bonchev–Trinajstić information content (AvgIpc) is 3.19. The maximum absolute atomic E-state index is 12.9. The Labute approximate surface area is 215 Å². The largest absolute Gasteiger partial charge is 0.352 e. The molecule has 1 aliphatic rings. The van der Waals surface area contributed by atoms with Crippen molar-refractivity contribution >= 4 is 46.8 Å². The first-order chi connectivity index (χ1) is 16.2. The topological polar surface area (TPSA) is 88.9 Å². The normalized spacial score (nSPS) is 19.1. The highest BCUT2D eigenvalue weighted by Crippen LogP contribution is 2.28. The number of hydrogen-bond donors (Lipinski definition) is 2. The van der Waals surface area contributed by atoms with Crippen LogP contribution in [-0.2, 0) is 11.3 Å². The number of aromatic nitrogens is 3. The summed E-state index contributed by atoms with van der Waals surface area (Å²) in [6.45, 7) is 8.83. The second-order valence-electron chi connectivity index (χ2n) is 9.13. The minimum Gasteiger partial charge on any atom is -0.352 e. The fourth-order valence-corrected chi connectivity index (χ4v) is 5.58. The van der Waals surface area contributed by atoms with Crippen molar-refractivity contribution in [1.82, 2.24) is 25.4 Å². The van der Waals surface area contributed by atoms with Gasteiger partial charge in [0.25, 0.3) is 5.91 Å². The van der Waals surface area contributed by atoms with Crippen molar-refractivity contribution in [1.29, 1.82) is 0 Å². The van der Waals surface area contributed by atoms with E-state index in [4.69, 9.17) is 23.2 Å². The van der Waals surface area contributed by atoms with E-state index in [-0.39, 0.29) is 35.6 Å². The second kappa shape index (κ2) is 12.3. The van der Waals surface area contributed by atoms with Crippen molar-refractivity contribution < 1.29 is 9.59 Å². The Balaban J connectivity index is 1.69. The van der Waals surface area contributed by atoms with Crippen molar-refractivity contribution in [2.24, 2.45) is 11.8 Å². The number of carbonyl (C=O) groups excluding carboxylic acids is 2. The molecular weight excluding hydrogens is 493 g/mol. The molecule has 2 amide bonds. The first-order valence-corrected chi connectivity index (χ1v) is 13.6. The molecule has 10 heteroatoms. The van der Waals surface area contributed by atoms with E-state index in [0.29, 0.717) is 39.1 Å². The molecule has 3 atom stereocenters. The van der Waals surface area contributed by atoms with Crippen LogP contribution in [0.25, 0.3) is 0 Å². The third-order valence-electron chi connectivity index (χ3n) is 6.26. The van der Waals surface area contributed by atoms with Crippen LogP contribution in [0.15, 0.2) is 23.4 Å².